The third kappa shape index (κ3) is 3.11. The summed E-state index contributed by atoms with van der Waals surface area (Å²) < 4.78 is 1.10. The van der Waals surface area contributed by atoms with Crippen molar-refractivity contribution < 1.29 is 4.79 Å². The van der Waals surface area contributed by atoms with Crippen LogP contribution in [0.15, 0.2) is 48.5 Å². The summed E-state index contributed by atoms with van der Waals surface area (Å²) in [4.78, 5) is 12.0. The average Bonchev–Trinajstić information content (AvgIpc) is 2.39. The maximum Gasteiger partial charge on any atom is 0.255 e. The largest absolute Gasteiger partial charge is 0.322 e. The third-order valence-electron chi connectivity index (χ3n) is 2.39. The topological polar surface area (TPSA) is 29.1 Å². The molecule has 0 fully saturated rings. The smallest absolute Gasteiger partial charge is 0.255 e. The molecule has 0 aliphatic carbocycles. The minimum Gasteiger partial charge on any atom is -0.322 e. The lowest BCUT2D eigenvalue weighted by Crippen LogP contribution is -2.11. The summed E-state index contributed by atoms with van der Waals surface area (Å²) in [5.41, 5.74) is 2.07. The van der Waals surface area contributed by atoms with Gasteiger partial charge in [0, 0.05) is 20.4 Å². The summed E-state index contributed by atoms with van der Waals surface area (Å²) in [6.07, 6.45) is 5.31. The van der Waals surface area contributed by atoms with E-state index in [-0.39, 0.29) is 5.91 Å². The zero-order chi connectivity index (χ0) is 13.0. The quantitative estimate of drug-likeness (QED) is 0.654. The van der Waals surface area contributed by atoms with Gasteiger partial charge < -0.3 is 5.32 Å². The minimum absolute atomic E-state index is 0.138. The Kier molecular flexibility index (Phi) is 4.00. The van der Waals surface area contributed by atoms with Crippen LogP contribution in [0.2, 0.25) is 0 Å². The molecule has 1 amide bonds. The van der Waals surface area contributed by atoms with Gasteiger partial charge in [0.05, 0.1) is 0 Å². The van der Waals surface area contributed by atoms with Gasteiger partial charge in [0.1, 0.15) is 0 Å². The summed E-state index contributed by atoms with van der Waals surface area (Å²) >= 11 is 2.20. The third-order valence-corrected chi connectivity index (χ3v) is 3.11. The highest BCUT2D eigenvalue weighted by Crippen LogP contribution is 2.12. The number of carbonyl (C=O) groups excluding carboxylic acids is 1. The number of anilines is 1. The molecule has 0 aliphatic rings. The normalized spacial score (nSPS) is 9.56. The molecule has 2 aromatic rings. The van der Waals surface area contributed by atoms with Crippen LogP contribution in [-0.2, 0) is 0 Å². The number of hydrogen-bond acceptors (Lipinski definition) is 1. The maximum absolute atomic E-state index is 12.0. The molecule has 0 spiro atoms. The fourth-order valence-electron chi connectivity index (χ4n) is 1.49. The second-order valence-electron chi connectivity index (χ2n) is 3.69. The number of benzene rings is 2. The molecule has 0 aromatic heterocycles. The van der Waals surface area contributed by atoms with E-state index in [1.165, 1.54) is 0 Å². The average molecular weight is 347 g/mol. The van der Waals surface area contributed by atoms with Crippen LogP contribution in [0.3, 0.4) is 0 Å². The van der Waals surface area contributed by atoms with Crippen molar-refractivity contribution in [2.45, 2.75) is 0 Å². The van der Waals surface area contributed by atoms with Crippen LogP contribution in [0, 0.1) is 15.9 Å². The molecule has 3 heteroatoms. The first-order valence-electron chi connectivity index (χ1n) is 5.32. The van der Waals surface area contributed by atoms with E-state index >= 15 is 0 Å². The molecule has 88 valence electrons. The minimum atomic E-state index is -0.138. The molecule has 2 rings (SSSR count). The molecule has 0 aliphatic heterocycles. The molecule has 0 saturated heterocycles. The number of halogens is 1. The van der Waals surface area contributed by atoms with Gasteiger partial charge in [0.2, 0.25) is 0 Å². The van der Waals surface area contributed by atoms with E-state index in [2.05, 4.69) is 33.8 Å². The molecule has 0 atom stereocenters. The van der Waals surface area contributed by atoms with Gasteiger partial charge in [0.25, 0.3) is 5.91 Å². The van der Waals surface area contributed by atoms with Crippen LogP contribution in [-0.4, -0.2) is 5.91 Å². The second-order valence-corrected chi connectivity index (χ2v) is 4.93. The van der Waals surface area contributed by atoms with E-state index in [0.29, 0.717) is 11.3 Å². The van der Waals surface area contributed by atoms with Crippen LogP contribution in [0.5, 0.6) is 0 Å². The van der Waals surface area contributed by atoms with Gasteiger partial charge in [-0.25, -0.2) is 0 Å². The number of rotatable bonds is 2. The highest BCUT2D eigenvalue weighted by molar-refractivity contribution is 14.1. The van der Waals surface area contributed by atoms with Gasteiger partial charge in [0.15, 0.2) is 0 Å². The van der Waals surface area contributed by atoms with E-state index < -0.39 is 0 Å². The van der Waals surface area contributed by atoms with Gasteiger partial charge in [-0.15, -0.1) is 6.42 Å². The van der Waals surface area contributed by atoms with Crippen molar-refractivity contribution in [2.24, 2.45) is 0 Å². The second kappa shape index (κ2) is 5.69. The Morgan fingerprint density at radius 1 is 1.17 bits per heavy atom. The van der Waals surface area contributed by atoms with E-state index in [4.69, 9.17) is 6.42 Å². The Hall–Kier alpha value is -1.80. The molecule has 0 radical (unpaired) electrons. The van der Waals surface area contributed by atoms with Crippen molar-refractivity contribution in [1.82, 2.24) is 0 Å². The van der Waals surface area contributed by atoms with Crippen molar-refractivity contribution in [2.75, 3.05) is 5.32 Å². The van der Waals surface area contributed by atoms with E-state index in [1.807, 2.05) is 30.3 Å². The highest BCUT2D eigenvalue weighted by Gasteiger charge is 2.05. The standard InChI is InChI=1S/C15H10INO/c1-2-11-4-3-5-14(10-11)17-15(18)12-6-8-13(16)9-7-12/h1,3-10H,(H,17,18). The predicted octanol–water partition coefficient (Wildman–Crippen LogP) is 3.52. The number of amides is 1. The first-order chi connectivity index (χ1) is 8.69. The summed E-state index contributed by atoms with van der Waals surface area (Å²) in [6, 6.07) is 14.6. The molecule has 2 aromatic carbocycles. The highest BCUT2D eigenvalue weighted by atomic mass is 127. The zero-order valence-electron chi connectivity index (χ0n) is 9.48. The molecule has 0 heterocycles. The lowest BCUT2D eigenvalue weighted by atomic mass is 10.2. The summed E-state index contributed by atoms with van der Waals surface area (Å²) in [7, 11) is 0. The molecule has 1 N–H and O–H groups in total. The fraction of sp³-hybridized carbons (Fsp3) is 0. The van der Waals surface area contributed by atoms with Crippen LogP contribution in [0.4, 0.5) is 5.69 Å². The number of carbonyl (C=O) groups is 1. The Balaban J connectivity index is 2.16. The Labute approximate surface area is 120 Å². The molecule has 0 saturated carbocycles. The molecule has 0 unspecified atom stereocenters. The van der Waals surface area contributed by atoms with E-state index in [1.54, 1.807) is 18.2 Å². The van der Waals surface area contributed by atoms with Crippen LogP contribution < -0.4 is 5.32 Å². The Morgan fingerprint density at radius 2 is 1.89 bits per heavy atom. The first-order valence-corrected chi connectivity index (χ1v) is 6.40. The van der Waals surface area contributed by atoms with Gasteiger partial charge in [-0.1, -0.05) is 12.0 Å². The Bertz CT molecular complexity index is 611. The molecular formula is C15H10INO. The fourth-order valence-corrected chi connectivity index (χ4v) is 1.85. The number of terminal acetylenes is 1. The predicted molar refractivity (Wildman–Crippen MR) is 81.5 cm³/mol. The van der Waals surface area contributed by atoms with E-state index in [9.17, 15) is 4.79 Å². The summed E-state index contributed by atoms with van der Waals surface area (Å²) in [6.45, 7) is 0. The summed E-state index contributed by atoms with van der Waals surface area (Å²) in [5, 5.41) is 2.82. The maximum atomic E-state index is 12.0. The number of nitrogens with one attached hydrogen (secondary N) is 1. The van der Waals surface area contributed by atoms with Gasteiger partial charge >= 0.3 is 0 Å². The molecule has 2 nitrogen and oxygen atoms in total. The summed E-state index contributed by atoms with van der Waals surface area (Å²) in [5.74, 6) is 2.40. The van der Waals surface area contributed by atoms with E-state index in [0.717, 1.165) is 9.13 Å². The van der Waals surface area contributed by atoms with Crippen molar-refractivity contribution in [1.29, 1.82) is 0 Å². The van der Waals surface area contributed by atoms with Crippen LogP contribution in [0.1, 0.15) is 15.9 Å². The molecule has 18 heavy (non-hydrogen) atoms. The van der Waals surface area contributed by atoms with Gasteiger partial charge in [-0.05, 0) is 65.1 Å². The number of hydrogen-bond donors (Lipinski definition) is 1. The van der Waals surface area contributed by atoms with Crippen molar-refractivity contribution in [3.05, 3.63) is 63.2 Å². The molecular weight excluding hydrogens is 337 g/mol. The lowest BCUT2D eigenvalue weighted by molar-refractivity contribution is 0.102. The van der Waals surface area contributed by atoms with Crippen molar-refractivity contribution >= 4 is 34.2 Å². The lowest BCUT2D eigenvalue weighted by Gasteiger charge is -2.05. The first kappa shape index (κ1) is 12.7. The van der Waals surface area contributed by atoms with Crippen LogP contribution >= 0.6 is 22.6 Å². The van der Waals surface area contributed by atoms with Crippen LogP contribution in [0.25, 0.3) is 0 Å². The van der Waals surface area contributed by atoms with Gasteiger partial charge in [-0.2, -0.15) is 0 Å². The zero-order valence-corrected chi connectivity index (χ0v) is 11.6. The monoisotopic (exact) mass is 347 g/mol. The Morgan fingerprint density at radius 3 is 2.56 bits per heavy atom. The van der Waals surface area contributed by atoms with Crippen molar-refractivity contribution in [3.8, 4) is 12.3 Å². The SMILES string of the molecule is C#Cc1cccc(NC(=O)c2ccc(I)cc2)c1. The van der Waals surface area contributed by atoms with Gasteiger partial charge in [-0.3, -0.25) is 4.79 Å². The molecule has 0 bridgehead atoms. The van der Waals surface area contributed by atoms with Crippen molar-refractivity contribution in [3.63, 3.8) is 0 Å².